The molecule has 3 heteroatoms. The lowest BCUT2D eigenvalue weighted by Crippen LogP contribution is -2.51. The Bertz CT molecular complexity index is 334. The van der Waals surface area contributed by atoms with Crippen LogP contribution in [0.15, 0.2) is 0 Å². The fourth-order valence-electron chi connectivity index (χ4n) is 4.31. The Labute approximate surface area is 123 Å². The molecule has 114 valence electrons. The number of nitrogens with one attached hydrogen (secondary N) is 1. The number of likely N-dealkylation sites (tertiary alicyclic amines) is 1. The second kappa shape index (κ2) is 6.46. The summed E-state index contributed by atoms with van der Waals surface area (Å²) in [6.45, 7) is 5.23. The van der Waals surface area contributed by atoms with Crippen LogP contribution in [0.1, 0.15) is 58.3 Å². The van der Waals surface area contributed by atoms with Gasteiger partial charge in [0.25, 0.3) is 0 Å². The van der Waals surface area contributed by atoms with Gasteiger partial charge in [-0.05, 0) is 44.2 Å². The maximum absolute atomic E-state index is 12.7. The van der Waals surface area contributed by atoms with Gasteiger partial charge in [0.05, 0.1) is 0 Å². The van der Waals surface area contributed by atoms with Gasteiger partial charge in [-0.25, -0.2) is 0 Å². The average molecular weight is 278 g/mol. The van der Waals surface area contributed by atoms with E-state index in [2.05, 4.69) is 17.1 Å². The Hall–Kier alpha value is -0.570. The number of hydrogen-bond acceptors (Lipinski definition) is 2. The molecule has 2 atom stereocenters. The molecule has 0 bridgehead atoms. The molecule has 1 saturated carbocycles. The Morgan fingerprint density at radius 1 is 1.15 bits per heavy atom. The third-order valence-electron chi connectivity index (χ3n) is 5.90. The zero-order valence-electron chi connectivity index (χ0n) is 12.9. The minimum absolute atomic E-state index is 0.225. The molecule has 2 unspecified atom stereocenters. The second-order valence-corrected chi connectivity index (χ2v) is 7.27. The highest BCUT2D eigenvalue weighted by atomic mass is 16.2. The molecule has 0 aromatic rings. The summed E-state index contributed by atoms with van der Waals surface area (Å²) >= 11 is 0. The average Bonchev–Trinajstić information content (AvgIpc) is 2.85. The molecule has 3 fully saturated rings. The molecule has 3 nitrogen and oxygen atoms in total. The minimum atomic E-state index is 0.225. The molecule has 2 saturated heterocycles. The van der Waals surface area contributed by atoms with E-state index in [1.165, 1.54) is 51.4 Å². The van der Waals surface area contributed by atoms with Crippen molar-refractivity contribution in [1.29, 1.82) is 0 Å². The first-order valence-electron chi connectivity index (χ1n) is 8.77. The molecular weight excluding hydrogens is 248 g/mol. The molecule has 0 radical (unpaired) electrons. The number of rotatable bonds is 4. The summed E-state index contributed by atoms with van der Waals surface area (Å²) in [6, 6.07) is 0.557. The maximum Gasteiger partial charge on any atom is 0.226 e. The second-order valence-electron chi connectivity index (χ2n) is 7.27. The van der Waals surface area contributed by atoms with Crippen molar-refractivity contribution in [1.82, 2.24) is 10.2 Å². The van der Waals surface area contributed by atoms with Crippen LogP contribution in [0.3, 0.4) is 0 Å². The third-order valence-corrected chi connectivity index (χ3v) is 5.90. The van der Waals surface area contributed by atoms with E-state index in [0.717, 1.165) is 25.6 Å². The van der Waals surface area contributed by atoms with Crippen molar-refractivity contribution in [3.63, 3.8) is 0 Å². The molecule has 0 spiro atoms. The van der Waals surface area contributed by atoms with Crippen molar-refractivity contribution < 1.29 is 4.79 Å². The summed E-state index contributed by atoms with van der Waals surface area (Å²) in [4.78, 5) is 15.0. The van der Waals surface area contributed by atoms with Crippen molar-refractivity contribution in [2.45, 2.75) is 64.3 Å². The van der Waals surface area contributed by atoms with Crippen LogP contribution >= 0.6 is 0 Å². The van der Waals surface area contributed by atoms with Gasteiger partial charge in [-0.15, -0.1) is 0 Å². The summed E-state index contributed by atoms with van der Waals surface area (Å²) in [7, 11) is 0. The van der Waals surface area contributed by atoms with E-state index in [-0.39, 0.29) is 5.92 Å². The zero-order chi connectivity index (χ0) is 13.9. The van der Waals surface area contributed by atoms with Crippen molar-refractivity contribution in [3.05, 3.63) is 0 Å². The highest BCUT2D eigenvalue weighted by Crippen LogP contribution is 2.33. The van der Waals surface area contributed by atoms with Gasteiger partial charge in [-0.2, -0.15) is 0 Å². The van der Waals surface area contributed by atoms with Crippen molar-refractivity contribution >= 4 is 5.91 Å². The van der Waals surface area contributed by atoms with Crippen LogP contribution in [0.25, 0.3) is 0 Å². The number of carbonyl (C=O) groups excluding carboxylic acids is 1. The van der Waals surface area contributed by atoms with E-state index in [1.807, 2.05) is 0 Å². The van der Waals surface area contributed by atoms with Crippen LogP contribution in [0.5, 0.6) is 0 Å². The predicted molar refractivity (Wildman–Crippen MR) is 81.5 cm³/mol. The summed E-state index contributed by atoms with van der Waals surface area (Å²) in [5.41, 5.74) is 0. The minimum Gasteiger partial charge on any atom is -0.339 e. The number of amides is 1. The highest BCUT2D eigenvalue weighted by Gasteiger charge is 2.37. The van der Waals surface area contributed by atoms with Gasteiger partial charge in [0.15, 0.2) is 0 Å². The SMILES string of the molecule is CC(C(=O)N1CCCC1CC1CCCCC1)C1CNC1. The molecule has 0 aromatic heterocycles. The van der Waals surface area contributed by atoms with Gasteiger partial charge in [0.1, 0.15) is 0 Å². The van der Waals surface area contributed by atoms with E-state index in [4.69, 9.17) is 0 Å². The Kier molecular flexibility index (Phi) is 4.65. The largest absolute Gasteiger partial charge is 0.339 e. The maximum atomic E-state index is 12.7. The first-order chi connectivity index (χ1) is 9.75. The number of hydrogen-bond donors (Lipinski definition) is 1. The molecule has 1 aliphatic carbocycles. The molecule has 0 aromatic carbocycles. The van der Waals surface area contributed by atoms with Gasteiger partial charge < -0.3 is 10.2 Å². The summed E-state index contributed by atoms with van der Waals surface area (Å²) in [5, 5.41) is 3.29. The smallest absolute Gasteiger partial charge is 0.226 e. The van der Waals surface area contributed by atoms with Crippen molar-refractivity contribution in [3.8, 4) is 0 Å². The van der Waals surface area contributed by atoms with Crippen LogP contribution in [0.4, 0.5) is 0 Å². The van der Waals surface area contributed by atoms with Gasteiger partial charge in [-0.1, -0.05) is 39.0 Å². The Morgan fingerprint density at radius 3 is 2.55 bits per heavy atom. The van der Waals surface area contributed by atoms with Gasteiger partial charge in [0, 0.05) is 18.5 Å². The van der Waals surface area contributed by atoms with Crippen molar-refractivity contribution in [2.24, 2.45) is 17.8 Å². The number of carbonyl (C=O) groups is 1. The van der Waals surface area contributed by atoms with E-state index >= 15 is 0 Å². The third kappa shape index (κ3) is 3.03. The fourth-order valence-corrected chi connectivity index (χ4v) is 4.31. The topological polar surface area (TPSA) is 32.3 Å². The van der Waals surface area contributed by atoms with Crippen LogP contribution in [-0.2, 0) is 4.79 Å². The number of nitrogens with zero attached hydrogens (tertiary/aromatic N) is 1. The van der Waals surface area contributed by atoms with Crippen LogP contribution in [0, 0.1) is 17.8 Å². The highest BCUT2D eigenvalue weighted by molar-refractivity contribution is 5.79. The molecule has 20 heavy (non-hydrogen) atoms. The Morgan fingerprint density at radius 2 is 1.90 bits per heavy atom. The molecule has 3 rings (SSSR count). The quantitative estimate of drug-likeness (QED) is 0.857. The zero-order valence-corrected chi connectivity index (χ0v) is 12.9. The van der Waals surface area contributed by atoms with Gasteiger partial charge in [-0.3, -0.25) is 4.79 Å². The predicted octanol–water partition coefficient (Wildman–Crippen LogP) is 2.80. The van der Waals surface area contributed by atoms with Crippen LogP contribution < -0.4 is 5.32 Å². The lowest BCUT2D eigenvalue weighted by Gasteiger charge is -2.36. The fraction of sp³-hybridized carbons (Fsp3) is 0.941. The van der Waals surface area contributed by atoms with Gasteiger partial charge >= 0.3 is 0 Å². The first-order valence-corrected chi connectivity index (χ1v) is 8.77. The normalized spacial score (nSPS) is 30.2. The van der Waals surface area contributed by atoms with E-state index in [1.54, 1.807) is 0 Å². The van der Waals surface area contributed by atoms with Crippen LogP contribution in [0.2, 0.25) is 0 Å². The molecular formula is C17H30N2O. The lowest BCUT2D eigenvalue weighted by atomic mass is 9.83. The molecule has 2 aliphatic heterocycles. The summed E-state index contributed by atoms with van der Waals surface area (Å²) in [5.74, 6) is 2.14. The van der Waals surface area contributed by atoms with Crippen LogP contribution in [-0.4, -0.2) is 36.5 Å². The molecule has 1 N–H and O–H groups in total. The standard InChI is InChI=1S/C17H30N2O/c1-13(15-11-18-12-15)17(20)19-9-5-8-16(19)10-14-6-3-2-4-7-14/h13-16,18H,2-12H2,1H3. The lowest BCUT2D eigenvalue weighted by molar-refractivity contribution is -0.138. The first kappa shape index (κ1) is 14.4. The molecule has 2 heterocycles. The monoisotopic (exact) mass is 278 g/mol. The van der Waals surface area contributed by atoms with E-state index < -0.39 is 0 Å². The van der Waals surface area contributed by atoms with Crippen molar-refractivity contribution in [2.75, 3.05) is 19.6 Å². The van der Waals surface area contributed by atoms with Gasteiger partial charge in [0.2, 0.25) is 5.91 Å². The molecule has 3 aliphatic rings. The van der Waals surface area contributed by atoms with E-state index in [0.29, 0.717) is 17.9 Å². The Balaban J connectivity index is 1.55. The van der Waals surface area contributed by atoms with E-state index in [9.17, 15) is 4.79 Å². The summed E-state index contributed by atoms with van der Waals surface area (Å²) < 4.78 is 0. The molecule has 1 amide bonds. The summed E-state index contributed by atoms with van der Waals surface area (Å²) in [6.07, 6.45) is 10.8.